The predicted molar refractivity (Wildman–Crippen MR) is 54.3 cm³/mol. The summed E-state index contributed by atoms with van der Waals surface area (Å²) in [6, 6.07) is -0.216. The normalized spacial score (nSPS) is 37.9. The highest BCUT2D eigenvalue weighted by Gasteiger charge is 2.49. The maximum absolute atomic E-state index is 12.7. The first-order valence-corrected chi connectivity index (χ1v) is 6.49. The van der Waals surface area contributed by atoms with E-state index in [0.717, 1.165) is 6.42 Å². The molecule has 0 amide bonds. The number of hydrogen-bond acceptors (Lipinski definition) is 2. The molecule has 15 heavy (non-hydrogen) atoms. The van der Waals surface area contributed by atoms with Gasteiger partial charge in [0.25, 0.3) is 16.3 Å². The molecular weight excluding hydrogens is 222 g/mol. The van der Waals surface area contributed by atoms with Crippen molar-refractivity contribution in [3.8, 4) is 0 Å². The van der Waals surface area contributed by atoms with Crippen LogP contribution in [-0.2, 0) is 4.74 Å². The van der Waals surface area contributed by atoms with Crippen molar-refractivity contribution in [2.75, 3.05) is 0 Å². The van der Waals surface area contributed by atoms with E-state index in [4.69, 9.17) is 10.5 Å². The summed E-state index contributed by atoms with van der Waals surface area (Å²) < 4.78 is 43.0. The van der Waals surface area contributed by atoms with Crippen molar-refractivity contribution in [3.05, 3.63) is 0 Å². The van der Waals surface area contributed by atoms with E-state index in [0.29, 0.717) is 29.1 Å². The average molecular weight is 239 g/mol. The minimum absolute atomic E-state index is 0.216. The molecule has 0 saturated carbocycles. The van der Waals surface area contributed by atoms with E-state index >= 15 is 0 Å². The first kappa shape index (κ1) is 13.3. The lowest BCUT2D eigenvalue weighted by Gasteiger charge is -2.40. The van der Waals surface area contributed by atoms with Crippen LogP contribution in [0.4, 0.5) is 13.2 Å². The fourth-order valence-electron chi connectivity index (χ4n) is 2.09. The molecule has 1 heterocycles. The van der Waals surface area contributed by atoms with Gasteiger partial charge in [0.1, 0.15) is 0 Å². The molecule has 88 valence electrons. The second-order valence-corrected chi connectivity index (χ2v) is 5.39. The third-order valence-corrected chi connectivity index (χ3v) is 4.08. The molecular formula is C9H17AlF3NO. The SMILES string of the molecule is CCCC1CC(N)[C@@H]([AlH2])OC1C(F)(F)F. The highest BCUT2D eigenvalue weighted by Crippen LogP contribution is 2.37. The van der Waals surface area contributed by atoms with Gasteiger partial charge in [-0.2, -0.15) is 13.2 Å². The average Bonchev–Trinajstić information content (AvgIpc) is 2.09. The maximum atomic E-state index is 12.7. The molecule has 1 rings (SSSR count). The second-order valence-electron chi connectivity index (χ2n) is 4.25. The van der Waals surface area contributed by atoms with Crippen LogP contribution in [0, 0.1) is 5.92 Å². The fraction of sp³-hybridized carbons (Fsp3) is 1.00. The summed E-state index contributed by atoms with van der Waals surface area (Å²) in [5, 5.41) is 0. The molecule has 0 aliphatic carbocycles. The van der Waals surface area contributed by atoms with Crippen molar-refractivity contribution in [1.82, 2.24) is 0 Å². The summed E-state index contributed by atoms with van der Waals surface area (Å²) >= 11 is 0.554. The summed E-state index contributed by atoms with van der Waals surface area (Å²) in [4.78, 5) is -0.371. The molecule has 2 nitrogen and oxygen atoms in total. The fourth-order valence-corrected chi connectivity index (χ4v) is 2.66. The molecule has 4 atom stereocenters. The molecule has 3 unspecified atom stereocenters. The Balaban J connectivity index is 2.72. The number of halogens is 3. The highest BCUT2D eigenvalue weighted by atomic mass is 27.0. The molecule has 0 radical (unpaired) electrons. The summed E-state index contributed by atoms with van der Waals surface area (Å²) in [6.07, 6.45) is -4.14. The Kier molecular flexibility index (Phi) is 4.48. The van der Waals surface area contributed by atoms with Gasteiger partial charge in [-0.15, -0.1) is 0 Å². The summed E-state index contributed by atoms with van der Waals surface area (Å²) in [5.74, 6) is -0.463. The van der Waals surface area contributed by atoms with Crippen molar-refractivity contribution in [3.63, 3.8) is 0 Å². The Labute approximate surface area is 95.8 Å². The van der Waals surface area contributed by atoms with Crippen molar-refractivity contribution in [2.24, 2.45) is 11.7 Å². The van der Waals surface area contributed by atoms with Gasteiger partial charge in [-0.3, -0.25) is 0 Å². The number of nitrogens with two attached hydrogens (primary N) is 1. The molecule has 0 aromatic heterocycles. The van der Waals surface area contributed by atoms with Gasteiger partial charge in [0, 0.05) is 11.0 Å². The molecule has 1 aliphatic heterocycles. The van der Waals surface area contributed by atoms with Crippen LogP contribution in [0.3, 0.4) is 0 Å². The van der Waals surface area contributed by atoms with Gasteiger partial charge in [0.15, 0.2) is 6.10 Å². The topological polar surface area (TPSA) is 35.2 Å². The zero-order chi connectivity index (χ0) is 11.6. The summed E-state index contributed by atoms with van der Waals surface area (Å²) in [5.41, 5.74) is 5.75. The number of hydrogen-bond donors (Lipinski definition) is 1. The Morgan fingerprint density at radius 1 is 1.47 bits per heavy atom. The lowest BCUT2D eigenvalue weighted by Crippen LogP contribution is -2.53. The zero-order valence-corrected chi connectivity index (χ0v) is 11.1. The van der Waals surface area contributed by atoms with Gasteiger partial charge in [-0.05, 0) is 18.8 Å². The van der Waals surface area contributed by atoms with Crippen LogP contribution in [0.2, 0.25) is 0 Å². The van der Waals surface area contributed by atoms with Crippen LogP contribution in [0.5, 0.6) is 0 Å². The predicted octanol–water partition coefficient (Wildman–Crippen LogP) is 1.04. The Morgan fingerprint density at radius 2 is 2.07 bits per heavy atom. The van der Waals surface area contributed by atoms with E-state index in [9.17, 15) is 13.2 Å². The number of rotatable bonds is 2. The molecule has 6 heteroatoms. The second kappa shape index (κ2) is 5.05. The first-order valence-electron chi connectivity index (χ1n) is 5.34. The maximum Gasteiger partial charge on any atom is 0.414 e. The van der Waals surface area contributed by atoms with Crippen molar-refractivity contribution in [2.45, 2.75) is 49.5 Å². The Morgan fingerprint density at radius 3 is 2.53 bits per heavy atom. The van der Waals surface area contributed by atoms with Crippen molar-refractivity contribution >= 4 is 16.3 Å². The van der Waals surface area contributed by atoms with Crippen molar-refractivity contribution in [1.29, 1.82) is 0 Å². The van der Waals surface area contributed by atoms with E-state index in [2.05, 4.69) is 0 Å². The molecule has 0 spiro atoms. The monoisotopic (exact) mass is 239 g/mol. The highest BCUT2D eigenvalue weighted by molar-refractivity contribution is 6.11. The van der Waals surface area contributed by atoms with E-state index in [1.807, 2.05) is 6.92 Å². The van der Waals surface area contributed by atoms with Crippen LogP contribution in [0.25, 0.3) is 0 Å². The Bertz CT molecular complexity index is 212. The van der Waals surface area contributed by atoms with Gasteiger partial charge in [-0.1, -0.05) is 13.3 Å². The minimum Gasteiger partial charge on any atom is -0.380 e. The first-order chi connectivity index (χ1) is 6.86. The Hall–Kier alpha value is 0.242. The third kappa shape index (κ3) is 3.35. The van der Waals surface area contributed by atoms with E-state index in [-0.39, 0.29) is 11.0 Å². The summed E-state index contributed by atoms with van der Waals surface area (Å²) in [7, 11) is 0. The van der Waals surface area contributed by atoms with Crippen LogP contribution >= 0.6 is 0 Å². The minimum atomic E-state index is -4.25. The standard InChI is InChI=1S/C9H15F3NO.Al.2H/c1-2-3-6-4-7(13)5-14-8(6)9(10,11)12;;;/h5-8H,2-4,13H2,1H3;;;. The van der Waals surface area contributed by atoms with Crippen LogP contribution < -0.4 is 5.73 Å². The van der Waals surface area contributed by atoms with E-state index < -0.39 is 18.2 Å². The molecule has 0 aromatic rings. The van der Waals surface area contributed by atoms with Crippen molar-refractivity contribution < 1.29 is 17.9 Å². The number of alkyl halides is 3. The van der Waals surface area contributed by atoms with Gasteiger partial charge < -0.3 is 10.5 Å². The van der Waals surface area contributed by atoms with E-state index in [1.54, 1.807) is 0 Å². The molecule has 1 aliphatic rings. The largest absolute Gasteiger partial charge is 0.414 e. The van der Waals surface area contributed by atoms with Gasteiger partial charge >= 0.3 is 6.18 Å². The lowest BCUT2D eigenvalue weighted by molar-refractivity contribution is -0.255. The molecule has 0 aromatic carbocycles. The van der Waals surface area contributed by atoms with Gasteiger partial charge in [0.05, 0.1) is 0 Å². The lowest BCUT2D eigenvalue weighted by atomic mass is 9.87. The number of ether oxygens (including phenoxy) is 1. The van der Waals surface area contributed by atoms with Crippen LogP contribution in [-0.4, -0.2) is 39.6 Å². The van der Waals surface area contributed by atoms with Gasteiger partial charge in [0.2, 0.25) is 0 Å². The quantitative estimate of drug-likeness (QED) is 0.731. The molecule has 1 fully saturated rings. The van der Waals surface area contributed by atoms with Crippen LogP contribution in [0.1, 0.15) is 26.2 Å². The smallest absolute Gasteiger partial charge is 0.380 e. The zero-order valence-electron chi connectivity index (χ0n) is 9.05. The summed E-state index contributed by atoms with van der Waals surface area (Å²) in [6.45, 7) is 1.88. The van der Waals surface area contributed by atoms with E-state index in [1.165, 1.54) is 0 Å². The van der Waals surface area contributed by atoms with Crippen LogP contribution in [0.15, 0.2) is 0 Å². The van der Waals surface area contributed by atoms with Gasteiger partial charge in [-0.25, -0.2) is 0 Å². The molecule has 1 saturated heterocycles. The third-order valence-electron chi connectivity index (χ3n) is 2.95. The molecule has 2 N–H and O–H groups in total. The molecule has 0 bridgehead atoms.